The number of hydrogen-bond acceptors (Lipinski definition) is 2. The maximum Gasteiger partial charge on any atom is 0.253 e. The number of hydrogen-bond donors (Lipinski definition) is 1. The Kier molecular flexibility index (Phi) is 5.36. The van der Waals surface area contributed by atoms with E-state index in [1.807, 2.05) is 45.0 Å². The number of aryl methyl sites for hydroxylation is 1. The van der Waals surface area contributed by atoms with E-state index in [-0.39, 0.29) is 11.5 Å². The molecule has 22 heavy (non-hydrogen) atoms. The highest BCUT2D eigenvalue weighted by Crippen LogP contribution is 2.14. The molecule has 0 aliphatic carbocycles. The molecule has 0 fully saturated rings. The lowest BCUT2D eigenvalue weighted by Crippen LogP contribution is -2.33. The highest BCUT2D eigenvalue weighted by molar-refractivity contribution is 5.80. The van der Waals surface area contributed by atoms with Gasteiger partial charge in [-0.3, -0.25) is 9.59 Å². The molecule has 2 aromatic rings. The van der Waals surface area contributed by atoms with Crippen LogP contribution in [0.5, 0.6) is 0 Å². The van der Waals surface area contributed by atoms with Gasteiger partial charge in [-0.1, -0.05) is 26.0 Å². The van der Waals surface area contributed by atoms with Gasteiger partial charge in [0.15, 0.2) is 0 Å². The van der Waals surface area contributed by atoms with Crippen LogP contribution < -0.4 is 5.56 Å². The van der Waals surface area contributed by atoms with Gasteiger partial charge in [0.2, 0.25) is 5.91 Å². The van der Waals surface area contributed by atoms with Gasteiger partial charge in [0.1, 0.15) is 0 Å². The van der Waals surface area contributed by atoms with Crippen LogP contribution in [-0.4, -0.2) is 22.3 Å². The molecule has 1 amide bonds. The first kappa shape index (κ1) is 16.3. The predicted molar refractivity (Wildman–Crippen MR) is 89.9 cm³/mol. The minimum atomic E-state index is -0.108. The van der Waals surface area contributed by atoms with Gasteiger partial charge in [0.05, 0.1) is 6.54 Å². The van der Waals surface area contributed by atoms with Gasteiger partial charge in [0, 0.05) is 24.0 Å². The Hall–Kier alpha value is -2.10. The fourth-order valence-corrected chi connectivity index (χ4v) is 2.62. The molecule has 0 saturated heterocycles. The zero-order chi connectivity index (χ0) is 16.1. The molecule has 118 valence electrons. The number of aromatic amines is 1. The number of carbonyl (C=O) groups excluding carboxylic acids is 1. The average Bonchev–Trinajstić information content (AvgIpc) is 2.47. The lowest BCUT2D eigenvalue weighted by molar-refractivity contribution is -0.131. The van der Waals surface area contributed by atoms with E-state index in [1.54, 1.807) is 4.90 Å². The second kappa shape index (κ2) is 7.25. The predicted octanol–water partition coefficient (Wildman–Crippen LogP) is 3.38. The third-order valence-corrected chi connectivity index (χ3v) is 3.75. The molecule has 0 saturated carbocycles. The normalized spacial score (nSPS) is 10.9. The summed E-state index contributed by atoms with van der Waals surface area (Å²) >= 11 is 0. The topological polar surface area (TPSA) is 53.2 Å². The molecule has 0 spiro atoms. The summed E-state index contributed by atoms with van der Waals surface area (Å²) in [6, 6.07) is 7.89. The van der Waals surface area contributed by atoms with Crippen molar-refractivity contribution in [3.63, 3.8) is 0 Å². The average molecular weight is 300 g/mol. The molecule has 0 bridgehead atoms. The summed E-state index contributed by atoms with van der Waals surface area (Å²) < 4.78 is 0. The monoisotopic (exact) mass is 300 g/mol. The SMILES string of the molecule is CCCC(=O)N(CCC)Cc1cc2ccc(C)cc2[nH]c1=O. The lowest BCUT2D eigenvalue weighted by Gasteiger charge is -2.22. The molecule has 1 heterocycles. The van der Waals surface area contributed by atoms with Crippen molar-refractivity contribution in [1.82, 2.24) is 9.88 Å². The first-order valence-corrected chi connectivity index (χ1v) is 7.95. The summed E-state index contributed by atoms with van der Waals surface area (Å²) in [4.78, 5) is 29.2. The van der Waals surface area contributed by atoms with E-state index in [2.05, 4.69) is 4.98 Å². The van der Waals surface area contributed by atoms with Gasteiger partial charge < -0.3 is 9.88 Å². The largest absolute Gasteiger partial charge is 0.338 e. The summed E-state index contributed by atoms with van der Waals surface area (Å²) in [7, 11) is 0. The van der Waals surface area contributed by atoms with Gasteiger partial charge in [-0.05, 0) is 42.8 Å². The Bertz CT molecular complexity index is 719. The molecule has 0 aliphatic rings. The summed E-state index contributed by atoms with van der Waals surface area (Å²) in [5.41, 5.74) is 2.50. The van der Waals surface area contributed by atoms with Crippen molar-refractivity contribution in [2.24, 2.45) is 0 Å². The summed E-state index contributed by atoms with van der Waals surface area (Å²) in [6.45, 7) is 7.10. The molecule has 1 N–H and O–H groups in total. The summed E-state index contributed by atoms with van der Waals surface area (Å²) in [5, 5.41) is 1.000. The van der Waals surface area contributed by atoms with E-state index in [0.29, 0.717) is 25.1 Å². The van der Waals surface area contributed by atoms with Crippen molar-refractivity contribution < 1.29 is 4.79 Å². The van der Waals surface area contributed by atoms with Crippen molar-refractivity contribution in [3.05, 3.63) is 45.7 Å². The minimum Gasteiger partial charge on any atom is -0.338 e. The van der Waals surface area contributed by atoms with Gasteiger partial charge in [0.25, 0.3) is 5.56 Å². The van der Waals surface area contributed by atoms with E-state index in [0.717, 1.165) is 29.3 Å². The molecule has 4 heteroatoms. The molecular weight excluding hydrogens is 276 g/mol. The molecule has 0 unspecified atom stereocenters. The van der Waals surface area contributed by atoms with Crippen LogP contribution in [0.3, 0.4) is 0 Å². The minimum absolute atomic E-state index is 0.108. The molecule has 0 aliphatic heterocycles. The van der Waals surface area contributed by atoms with Crippen LogP contribution in [-0.2, 0) is 11.3 Å². The van der Waals surface area contributed by atoms with E-state index in [1.165, 1.54) is 0 Å². The Morgan fingerprint density at radius 2 is 1.95 bits per heavy atom. The van der Waals surface area contributed by atoms with Gasteiger partial charge >= 0.3 is 0 Å². The smallest absolute Gasteiger partial charge is 0.253 e. The Morgan fingerprint density at radius 3 is 2.64 bits per heavy atom. The Balaban J connectivity index is 2.32. The third kappa shape index (κ3) is 3.75. The molecule has 2 rings (SSSR count). The van der Waals surface area contributed by atoms with Crippen molar-refractivity contribution in [2.75, 3.05) is 6.54 Å². The van der Waals surface area contributed by atoms with E-state index >= 15 is 0 Å². The van der Waals surface area contributed by atoms with Crippen LogP contribution in [0.25, 0.3) is 10.9 Å². The molecule has 1 aromatic carbocycles. The molecule has 0 atom stereocenters. The van der Waals surface area contributed by atoms with Crippen molar-refractivity contribution >= 4 is 16.8 Å². The highest BCUT2D eigenvalue weighted by atomic mass is 16.2. The number of nitrogens with zero attached hydrogens (tertiary/aromatic N) is 1. The second-order valence-electron chi connectivity index (χ2n) is 5.78. The van der Waals surface area contributed by atoms with Crippen LogP contribution in [0.1, 0.15) is 44.2 Å². The number of aromatic nitrogens is 1. The zero-order valence-electron chi connectivity index (χ0n) is 13.6. The first-order chi connectivity index (χ1) is 10.5. The number of pyridine rings is 1. The highest BCUT2D eigenvalue weighted by Gasteiger charge is 2.14. The van der Waals surface area contributed by atoms with Crippen molar-refractivity contribution in [2.45, 2.75) is 46.6 Å². The fourth-order valence-electron chi connectivity index (χ4n) is 2.62. The van der Waals surface area contributed by atoms with Crippen molar-refractivity contribution in [3.8, 4) is 0 Å². The molecular formula is C18H24N2O2. The summed E-state index contributed by atoms with van der Waals surface area (Å²) in [6.07, 6.45) is 2.25. The van der Waals surface area contributed by atoms with Gasteiger partial charge in [-0.15, -0.1) is 0 Å². The Morgan fingerprint density at radius 1 is 1.18 bits per heavy atom. The van der Waals surface area contributed by atoms with E-state index < -0.39 is 0 Å². The fraction of sp³-hybridized carbons (Fsp3) is 0.444. The Labute approximate surface area is 131 Å². The number of fused-ring (bicyclic) bond motifs is 1. The standard InChI is InChI=1S/C18H24N2O2/c1-4-6-17(21)20(9-5-2)12-15-11-14-8-7-13(3)10-16(14)19-18(15)22/h7-8,10-11H,4-6,9,12H2,1-3H3,(H,19,22). The van der Waals surface area contributed by atoms with E-state index in [9.17, 15) is 9.59 Å². The summed E-state index contributed by atoms with van der Waals surface area (Å²) in [5.74, 6) is 0.118. The molecule has 0 radical (unpaired) electrons. The van der Waals surface area contributed by atoms with Gasteiger partial charge in [-0.25, -0.2) is 0 Å². The maximum absolute atomic E-state index is 12.3. The third-order valence-electron chi connectivity index (χ3n) is 3.75. The van der Waals surface area contributed by atoms with Gasteiger partial charge in [-0.2, -0.15) is 0 Å². The van der Waals surface area contributed by atoms with Crippen LogP contribution >= 0.6 is 0 Å². The van der Waals surface area contributed by atoms with Crippen LogP contribution in [0.15, 0.2) is 29.1 Å². The van der Waals surface area contributed by atoms with Crippen LogP contribution in [0.4, 0.5) is 0 Å². The van der Waals surface area contributed by atoms with Crippen LogP contribution in [0, 0.1) is 6.92 Å². The molecule has 4 nitrogen and oxygen atoms in total. The number of rotatable bonds is 6. The second-order valence-corrected chi connectivity index (χ2v) is 5.78. The van der Waals surface area contributed by atoms with Crippen molar-refractivity contribution in [1.29, 1.82) is 0 Å². The number of amides is 1. The van der Waals surface area contributed by atoms with Crippen LogP contribution in [0.2, 0.25) is 0 Å². The maximum atomic E-state index is 12.3. The quantitative estimate of drug-likeness (QED) is 0.889. The molecule has 1 aromatic heterocycles. The first-order valence-electron chi connectivity index (χ1n) is 7.95. The number of H-pyrrole nitrogens is 1. The number of nitrogens with one attached hydrogen (secondary N) is 1. The van der Waals surface area contributed by atoms with E-state index in [4.69, 9.17) is 0 Å². The lowest BCUT2D eigenvalue weighted by atomic mass is 10.1. The number of benzene rings is 1. The number of carbonyl (C=O) groups is 1. The zero-order valence-corrected chi connectivity index (χ0v) is 13.6.